The number of rotatable bonds is 4. The van der Waals surface area contributed by atoms with Crippen LogP contribution in [0.2, 0.25) is 0 Å². The number of amides is 1. The van der Waals surface area contributed by atoms with Gasteiger partial charge in [0.2, 0.25) is 0 Å². The first kappa shape index (κ1) is 15.5. The Kier molecular flexibility index (Phi) is 4.29. The first-order valence-corrected chi connectivity index (χ1v) is 8.06. The zero-order chi connectivity index (χ0) is 15.6. The molecule has 7 nitrogen and oxygen atoms in total. The molecule has 1 aliphatic rings. The van der Waals surface area contributed by atoms with Gasteiger partial charge in [0.1, 0.15) is 6.04 Å². The van der Waals surface area contributed by atoms with Gasteiger partial charge in [-0.2, -0.15) is 8.42 Å². The molecular formula is C13H15NO6S. The van der Waals surface area contributed by atoms with E-state index in [-0.39, 0.29) is 13.0 Å². The number of aliphatic carboxylic acids is 1. The van der Waals surface area contributed by atoms with Crippen molar-refractivity contribution < 1.29 is 27.3 Å². The maximum Gasteiger partial charge on any atom is 0.326 e. The largest absolute Gasteiger partial charge is 0.480 e. The van der Waals surface area contributed by atoms with Crippen molar-refractivity contribution in [3.63, 3.8) is 0 Å². The molecule has 0 aromatic heterocycles. The summed E-state index contributed by atoms with van der Waals surface area (Å²) < 4.78 is 27.1. The minimum absolute atomic E-state index is 0.0546. The van der Waals surface area contributed by atoms with Crippen LogP contribution in [0.25, 0.3) is 0 Å². The molecule has 1 amide bonds. The highest BCUT2D eigenvalue weighted by atomic mass is 32.2. The summed E-state index contributed by atoms with van der Waals surface area (Å²) in [4.78, 5) is 24.7. The Morgan fingerprint density at radius 3 is 2.43 bits per heavy atom. The molecule has 1 aromatic carbocycles. The van der Waals surface area contributed by atoms with Crippen molar-refractivity contribution in [3.8, 4) is 0 Å². The van der Waals surface area contributed by atoms with Crippen molar-refractivity contribution in [1.29, 1.82) is 0 Å². The van der Waals surface area contributed by atoms with Crippen molar-refractivity contribution in [2.75, 3.05) is 12.8 Å². The summed E-state index contributed by atoms with van der Waals surface area (Å²) in [5.41, 5.74) is 0.351. The Hall–Kier alpha value is -1.93. The van der Waals surface area contributed by atoms with Crippen LogP contribution in [0.4, 0.5) is 0 Å². The summed E-state index contributed by atoms with van der Waals surface area (Å²) in [5, 5.41) is 9.20. The average Bonchev–Trinajstić information content (AvgIpc) is 2.80. The van der Waals surface area contributed by atoms with Gasteiger partial charge in [-0.15, -0.1) is 0 Å². The first-order chi connectivity index (χ1) is 9.78. The molecule has 1 aliphatic heterocycles. The molecule has 8 heteroatoms. The molecule has 1 heterocycles. The number of carbonyl (C=O) groups excluding carboxylic acids is 1. The number of hydrogen-bond acceptors (Lipinski definition) is 5. The van der Waals surface area contributed by atoms with E-state index in [0.717, 1.165) is 11.2 Å². The summed E-state index contributed by atoms with van der Waals surface area (Å²) in [6.07, 6.45) is -0.000391. The molecule has 1 saturated heterocycles. The van der Waals surface area contributed by atoms with E-state index < -0.39 is 34.1 Å². The van der Waals surface area contributed by atoms with Gasteiger partial charge in [0.05, 0.1) is 12.4 Å². The molecule has 21 heavy (non-hydrogen) atoms. The summed E-state index contributed by atoms with van der Waals surface area (Å²) in [6, 6.07) is 7.14. The average molecular weight is 313 g/mol. The predicted molar refractivity (Wildman–Crippen MR) is 73.2 cm³/mol. The molecule has 1 fully saturated rings. The maximum absolute atomic E-state index is 12.3. The molecule has 1 aromatic rings. The van der Waals surface area contributed by atoms with Crippen LogP contribution in [0.3, 0.4) is 0 Å². The number of likely N-dealkylation sites (tertiary alicyclic amines) is 1. The number of carbonyl (C=O) groups is 2. The van der Waals surface area contributed by atoms with Gasteiger partial charge >= 0.3 is 5.97 Å². The third-order valence-electron chi connectivity index (χ3n) is 3.14. The molecule has 2 rings (SSSR count). The molecule has 1 N–H and O–H groups in total. The van der Waals surface area contributed by atoms with Gasteiger partial charge < -0.3 is 10.0 Å². The summed E-state index contributed by atoms with van der Waals surface area (Å²) in [5.74, 6) is -1.64. The molecule has 2 atom stereocenters. The van der Waals surface area contributed by atoms with Crippen molar-refractivity contribution in [1.82, 2.24) is 4.90 Å². The Morgan fingerprint density at radius 2 is 1.90 bits per heavy atom. The van der Waals surface area contributed by atoms with Crippen molar-refractivity contribution in [3.05, 3.63) is 35.9 Å². The van der Waals surface area contributed by atoms with Crippen molar-refractivity contribution in [2.45, 2.75) is 18.6 Å². The van der Waals surface area contributed by atoms with E-state index in [4.69, 9.17) is 4.18 Å². The molecule has 114 valence electrons. The third-order valence-corrected chi connectivity index (χ3v) is 3.76. The van der Waals surface area contributed by atoms with Gasteiger partial charge in [-0.25, -0.2) is 4.79 Å². The second-order valence-corrected chi connectivity index (χ2v) is 6.44. The SMILES string of the molecule is CS(=O)(=O)O[C@@H]1C[C@H](C(=O)O)N(C(=O)c2ccccc2)C1. The van der Waals surface area contributed by atoms with Gasteiger partial charge in [0, 0.05) is 18.5 Å². The zero-order valence-corrected chi connectivity index (χ0v) is 12.1. The molecule has 0 saturated carbocycles. The second-order valence-electron chi connectivity index (χ2n) is 4.84. The Balaban J connectivity index is 2.20. The Morgan fingerprint density at radius 1 is 1.29 bits per heavy atom. The third kappa shape index (κ3) is 3.79. The van der Waals surface area contributed by atoms with Crippen LogP contribution in [-0.2, 0) is 19.1 Å². The van der Waals surface area contributed by atoms with E-state index in [1.54, 1.807) is 30.3 Å². The number of nitrogens with zero attached hydrogens (tertiary/aromatic N) is 1. The number of benzene rings is 1. The molecule has 0 aliphatic carbocycles. The Labute approximate surface area is 122 Å². The maximum atomic E-state index is 12.3. The summed E-state index contributed by atoms with van der Waals surface area (Å²) in [6.45, 7) is -0.0717. The minimum Gasteiger partial charge on any atom is -0.480 e. The van der Waals surface area contributed by atoms with Crippen LogP contribution in [-0.4, -0.2) is 55.2 Å². The number of hydrogen-bond donors (Lipinski definition) is 1. The van der Waals surface area contributed by atoms with Crippen molar-refractivity contribution in [2.24, 2.45) is 0 Å². The lowest BCUT2D eigenvalue weighted by molar-refractivity contribution is -0.141. The van der Waals surface area contributed by atoms with E-state index in [9.17, 15) is 23.1 Å². The van der Waals surface area contributed by atoms with E-state index >= 15 is 0 Å². The van der Waals surface area contributed by atoms with Gasteiger partial charge in [-0.3, -0.25) is 8.98 Å². The fourth-order valence-corrected chi connectivity index (χ4v) is 2.95. The normalized spacial score (nSPS) is 22.2. The van der Waals surface area contributed by atoms with Crippen LogP contribution in [0.15, 0.2) is 30.3 Å². The summed E-state index contributed by atoms with van der Waals surface area (Å²) in [7, 11) is -3.70. The lowest BCUT2D eigenvalue weighted by atomic mass is 10.1. The standard InChI is InChI=1S/C13H15NO6S/c1-21(18,19)20-10-7-11(13(16)17)14(8-10)12(15)9-5-3-2-4-6-9/h2-6,10-11H,7-8H2,1H3,(H,16,17)/t10-,11-/m1/s1. The Bertz CT molecular complexity index is 642. The lowest BCUT2D eigenvalue weighted by Gasteiger charge is -2.21. The molecule has 0 bridgehead atoms. The van der Waals surface area contributed by atoms with E-state index in [1.807, 2.05) is 0 Å². The van der Waals surface area contributed by atoms with Gasteiger partial charge in [-0.1, -0.05) is 18.2 Å². The molecular weight excluding hydrogens is 298 g/mol. The van der Waals surface area contributed by atoms with E-state index in [1.165, 1.54) is 0 Å². The lowest BCUT2D eigenvalue weighted by Crippen LogP contribution is -2.40. The highest BCUT2D eigenvalue weighted by molar-refractivity contribution is 7.86. The van der Waals surface area contributed by atoms with Crippen LogP contribution < -0.4 is 0 Å². The number of carboxylic acids is 1. The van der Waals surface area contributed by atoms with Crippen LogP contribution in [0.5, 0.6) is 0 Å². The number of carboxylic acid groups (broad SMARTS) is 1. The topological polar surface area (TPSA) is 101 Å². The summed E-state index contributed by atoms with van der Waals surface area (Å²) >= 11 is 0. The highest BCUT2D eigenvalue weighted by Crippen LogP contribution is 2.24. The molecule has 0 spiro atoms. The van der Waals surface area contributed by atoms with Gasteiger partial charge in [0.15, 0.2) is 0 Å². The first-order valence-electron chi connectivity index (χ1n) is 6.25. The van der Waals surface area contributed by atoms with E-state index in [0.29, 0.717) is 5.56 Å². The fraction of sp³-hybridized carbons (Fsp3) is 0.385. The highest BCUT2D eigenvalue weighted by Gasteiger charge is 2.41. The van der Waals surface area contributed by atoms with Crippen molar-refractivity contribution >= 4 is 22.0 Å². The second kappa shape index (κ2) is 5.82. The van der Waals surface area contributed by atoms with Gasteiger partial charge in [0.25, 0.3) is 16.0 Å². The predicted octanol–water partition coefficient (Wildman–Crippen LogP) is 0.331. The smallest absolute Gasteiger partial charge is 0.326 e. The molecule has 0 radical (unpaired) electrons. The van der Waals surface area contributed by atoms with Crippen LogP contribution in [0.1, 0.15) is 16.8 Å². The van der Waals surface area contributed by atoms with E-state index in [2.05, 4.69) is 0 Å². The zero-order valence-electron chi connectivity index (χ0n) is 11.3. The van der Waals surface area contributed by atoms with Crippen LogP contribution in [0, 0.1) is 0 Å². The minimum atomic E-state index is -3.70. The quantitative estimate of drug-likeness (QED) is 0.804. The monoisotopic (exact) mass is 313 g/mol. The fourth-order valence-electron chi connectivity index (χ4n) is 2.32. The van der Waals surface area contributed by atoms with Crippen LogP contribution >= 0.6 is 0 Å². The molecule has 0 unspecified atom stereocenters. The van der Waals surface area contributed by atoms with Gasteiger partial charge in [-0.05, 0) is 12.1 Å².